The number of hydrogen-bond donors (Lipinski definition) is 2. The molecule has 1 heterocycles. The van der Waals surface area contributed by atoms with E-state index in [1.54, 1.807) is 6.92 Å². The van der Waals surface area contributed by atoms with E-state index in [1.165, 1.54) is 23.1 Å². The summed E-state index contributed by atoms with van der Waals surface area (Å²) in [5.74, 6) is -0.925. The Morgan fingerprint density at radius 2 is 1.66 bits per heavy atom. The largest absolute Gasteiger partial charge is 0.418 e. The monoisotopic (exact) mass is 443 g/mol. The van der Waals surface area contributed by atoms with Gasteiger partial charge in [-0.3, -0.25) is 9.59 Å². The average Bonchev–Trinajstić information content (AvgIpc) is 3.25. The molecule has 8 heteroatoms. The minimum Gasteiger partial charge on any atom is -0.358 e. The lowest BCUT2D eigenvalue weighted by molar-refractivity contribution is -0.137. The van der Waals surface area contributed by atoms with Crippen LogP contribution in [0.5, 0.6) is 0 Å². The highest BCUT2D eigenvalue weighted by Gasteiger charge is 2.33. The maximum atomic E-state index is 13.1. The van der Waals surface area contributed by atoms with E-state index in [1.807, 2.05) is 42.5 Å². The fourth-order valence-electron chi connectivity index (χ4n) is 3.35. The minimum absolute atomic E-state index is 0.176. The fourth-order valence-corrected chi connectivity index (χ4v) is 3.35. The molecule has 168 valence electrons. The Kier molecular flexibility index (Phi) is 7.35. The van der Waals surface area contributed by atoms with E-state index in [-0.39, 0.29) is 31.1 Å². The van der Waals surface area contributed by atoms with E-state index < -0.39 is 17.6 Å². The number of likely N-dealkylation sites (N-methyl/N-ethyl adjacent to an activating group) is 1. The van der Waals surface area contributed by atoms with Crippen molar-refractivity contribution < 1.29 is 22.8 Å². The van der Waals surface area contributed by atoms with Gasteiger partial charge in [-0.25, -0.2) is 0 Å². The molecule has 3 aromatic rings. The van der Waals surface area contributed by atoms with E-state index in [9.17, 15) is 22.8 Å². The quantitative estimate of drug-likeness (QED) is 0.508. The molecule has 5 nitrogen and oxygen atoms in total. The van der Waals surface area contributed by atoms with Crippen LogP contribution in [0.1, 0.15) is 24.6 Å². The van der Waals surface area contributed by atoms with Crippen LogP contribution in [0.4, 0.5) is 18.9 Å². The topological polar surface area (TPSA) is 65.2 Å². The van der Waals surface area contributed by atoms with Crippen molar-refractivity contribution in [1.82, 2.24) is 9.88 Å². The summed E-state index contributed by atoms with van der Waals surface area (Å²) in [6.45, 7) is 1.67. The number of amides is 2. The lowest BCUT2D eigenvalue weighted by Gasteiger charge is -2.21. The Hall–Kier alpha value is -3.55. The Bertz CT molecular complexity index is 1060. The molecule has 1 aromatic heterocycles. The van der Waals surface area contributed by atoms with E-state index in [0.717, 1.165) is 23.0 Å². The minimum atomic E-state index is -4.58. The molecule has 0 atom stereocenters. The molecule has 0 saturated carbocycles. The van der Waals surface area contributed by atoms with Crippen molar-refractivity contribution in [3.8, 4) is 11.3 Å². The highest BCUT2D eigenvalue weighted by atomic mass is 19.4. The third-order valence-corrected chi connectivity index (χ3v) is 5.01. The first-order valence-electron chi connectivity index (χ1n) is 10.2. The number of aromatic nitrogens is 1. The number of carbonyl (C=O) groups excluding carboxylic acids is 2. The lowest BCUT2D eigenvalue weighted by Crippen LogP contribution is -2.38. The average molecular weight is 443 g/mol. The summed E-state index contributed by atoms with van der Waals surface area (Å²) in [6.07, 6.45) is -3.95. The highest BCUT2D eigenvalue weighted by Crippen LogP contribution is 2.34. The summed E-state index contributed by atoms with van der Waals surface area (Å²) in [5.41, 5.74) is 1.62. The number of alkyl halides is 3. The molecular formula is C24H24F3N3O2. The zero-order chi connectivity index (χ0) is 23.1. The van der Waals surface area contributed by atoms with Crippen molar-refractivity contribution in [1.29, 1.82) is 0 Å². The number of nitrogens with zero attached hydrogens (tertiary/aromatic N) is 1. The summed E-state index contributed by atoms with van der Waals surface area (Å²) < 4.78 is 39.3. The summed E-state index contributed by atoms with van der Waals surface area (Å²) in [4.78, 5) is 29.5. The van der Waals surface area contributed by atoms with Crippen LogP contribution in [-0.4, -0.2) is 34.8 Å². The molecule has 0 saturated heterocycles. The summed E-state index contributed by atoms with van der Waals surface area (Å²) >= 11 is 0. The molecule has 0 fully saturated rings. The zero-order valence-electron chi connectivity index (χ0n) is 17.6. The van der Waals surface area contributed by atoms with Crippen molar-refractivity contribution in [2.24, 2.45) is 0 Å². The second kappa shape index (κ2) is 10.2. The van der Waals surface area contributed by atoms with E-state index >= 15 is 0 Å². The maximum Gasteiger partial charge on any atom is 0.418 e. The number of benzene rings is 2. The highest BCUT2D eigenvalue weighted by molar-refractivity contribution is 5.95. The molecule has 0 spiro atoms. The van der Waals surface area contributed by atoms with Crippen molar-refractivity contribution in [3.05, 3.63) is 78.0 Å². The number of nitrogens with one attached hydrogen (secondary N) is 2. The van der Waals surface area contributed by atoms with Gasteiger partial charge in [0.2, 0.25) is 11.8 Å². The first-order valence-corrected chi connectivity index (χ1v) is 10.2. The molecule has 2 N–H and O–H groups in total. The van der Waals surface area contributed by atoms with Gasteiger partial charge in [-0.15, -0.1) is 0 Å². The van der Waals surface area contributed by atoms with E-state index in [4.69, 9.17) is 0 Å². The Morgan fingerprint density at radius 1 is 0.969 bits per heavy atom. The van der Waals surface area contributed by atoms with Crippen LogP contribution < -0.4 is 5.32 Å². The number of para-hydroxylation sites is 1. The number of aryl methyl sites for hydroxylation is 1. The van der Waals surface area contributed by atoms with E-state index in [0.29, 0.717) is 6.42 Å². The number of halogens is 3. The van der Waals surface area contributed by atoms with Gasteiger partial charge in [0, 0.05) is 24.4 Å². The van der Waals surface area contributed by atoms with Crippen molar-refractivity contribution in [3.63, 3.8) is 0 Å². The molecule has 0 radical (unpaired) electrons. The molecule has 0 aliphatic carbocycles. The SMILES string of the molecule is CCN(CC(=O)Nc1ccccc1C(F)(F)F)C(=O)CCc1ccc(-c2ccccc2)[nH]1. The molecule has 0 bridgehead atoms. The summed E-state index contributed by atoms with van der Waals surface area (Å²) in [7, 11) is 0. The molecular weight excluding hydrogens is 419 g/mol. The second-order valence-corrected chi connectivity index (χ2v) is 7.26. The molecule has 0 aliphatic heterocycles. The first kappa shape index (κ1) is 23.1. The van der Waals surface area contributed by atoms with Crippen LogP contribution >= 0.6 is 0 Å². The van der Waals surface area contributed by atoms with E-state index in [2.05, 4.69) is 10.3 Å². The number of rotatable bonds is 8. The number of anilines is 1. The van der Waals surface area contributed by atoms with Gasteiger partial charge in [-0.2, -0.15) is 13.2 Å². The molecule has 2 aromatic carbocycles. The number of H-pyrrole nitrogens is 1. The summed E-state index contributed by atoms with van der Waals surface area (Å²) in [6, 6.07) is 18.4. The van der Waals surface area contributed by atoms with Crippen LogP contribution in [0.2, 0.25) is 0 Å². The van der Waals surface area contributed by atoms with Crippen LogP contribution in [0.15, 0.2) is 66.7 Å². The van der Waals surface area contributed by atoms with Gasteiger partial charge in [0.05, 0.1) is 17.8 Å². The molecule has 2 amide bonds. The molecule has 3 rings (SSSR count). The van der Waals surface area contributed by atoms with Gasteiger partial charge >= 0.3 is 6.18 Å². The lowest BCUT2D eigenvalue weighted by atomic mass is 10.1. The van der Waals surface area contributed by atoms with Crippen molar-refractivity contribution >= 4 is 17.5 Å². The third-order valence-electron chi connectivity index (χ3n) is 5.01. The number of aromatic amines is 1. The second-order valence-electron chi connectivity index (χ2n) is 7.26. The van der Waals surface area contributed by atoms with Gasteiger partial charge in [0.15, 0.2) is 0 Å². The van der Waals surface area contributed by atoms with Crippen LogP contribution in [0.25, 0.3) is 11.3 Å². The van der Waals surface area contributed by atoms with Gasteiger partial charge in [-0.05, 0) is 43.2 Å². The standard InChI is InChI=1S/C24H24F3N3O2/c1-2-30(16-22(31)29-21-11-7-6-10-19(21)24(25,26)27)23(32)15-13-18-12-14-20(28-18)17-8-4-3-5-9-17/h3-12,14,28H,2,13,15-16H2,1H3,(H,29,31). The predicted octanol–water partition coefficient (Wildman–Crippen LogP) is 5.12. The van der Waals surface area contributed by atoms with Gasteiger partial charge in [0.25, 0.3) is 0 Å². The first-order chi connectivity index (χ1) is 15.3. The zero-order valence-corrected chi connectivity index (χ0v) is 17.6. The Morgan fingerprint density at radius 3 is 2.34 bits per heavy atom. The maximum absolute atomic E-state index is 13.1. The van der Waals surface area contributed by atoms with Crippen LogP contribution in [0.3, 0.4) is 0 Å². The van der Waals surface area contributed by atoms with Gasteiger partial charge in [-0.1, -0.05) is 42.5 Å². The van der Waals surface area contributed by atoms with Crippen molar-refractivity contribution in [2.75, 3.05) is 18.4 Å². The number of hydrogen-bond acceptors (Lipinski definition) is 2. The van der Waals surface area contributed by atoms with Crippen LogP contribution in [-0.2, 0) is 22.2 Å². The Balaban J connectivity index is 1.56. The van der Waals surface area contributed by atoms with Gasteiger partial charge in [0.1, 0.15) is 0 Å². The van der Waals surface area contributed by atoms with Crippen molar-refractivity contribution in [2.45, 2.75) is 25.9 Å². The number of carbonyl (C=O) groups is 2. The normalized spacial score (nSPS) is 11.2. The van der Waals surface area contributed by atoms with Crippen LogP contribution in [0, 0.1) is 0 Å². The Labute approximate surface area is 184 Å². The summed E-state index contributed by atoms with van der Waals surface area (Å²) in [5, 5.41) is 2.27. The molecule has 0 aliphatic rings. The molecule has 0 unspecified atom stereocenters. The fraction of sp³-hybridized carbons (Fsp3) is 0.250. The smallest absolute Gasteiger partial charge is 0.358 e. The third kappa shape index (κ3) is 6.00. The molecule has 32 heavy (non-hydrogen) atoms. The van der Waals surface area contributed by atoms with Gasteiger partial charge < -0.3 is 15.2 Å². The predicted molar refractivity (Wildman–Crippen MR) is 117 cm³/mol.